The fraction of sp³-hybridized carbons (Fsp3) is 0.0667. The summed E-state index contributed by atoms with van der Waals surface area (Å²) in [5.74, 6) is -18.7. The maximum absolute atomic E-state index is 17.0. The number of thioether (sulfide) groups is 1. The van der Waals surface area contributed by atoms with E-state index in [0.717, 1.165) is 12.2 Å². The highest BCUT2D eigenvalue weighted by Crippen LogP contribution is 2.56. The lowest BCUT2D eigenvalue weighted by molar-refractivity contribution is 0.291. The fourth-order valence-electron chi connectivity index (χ4n) is 3.90. The molecule has 0 radical (unpaired) electrons. The van der Waals surface area contributed by atoms with Crippen LogP contribution >= 0.6 is 35.0 Å². The number of rotatable bonds is 8. The first-order chi connectivity index (χ1) is 20.2. The van der Waals surface area contributed by atoms with Crippen molar-refractivity contribution in [1.82, 2.24) is 0 Å². The lowest BCUT2D eigenvalue weighted by Crippen LogP contribution is -2.28. The number of halogens is 12. The Balaban J connectivity index is 2.05. The molecular weight excluding hydrogens is 653 g/mol. The van der Waals surface area contributed by atoms with E-state index < -0.39 is 89.5 Å². The molecule has 0 aliphatic heterocycles. The molecule has 0 saturated carbocycles. The topological polar surface area (TPSA) is 0 Å². The second-order valence-corrected chi connectivity index (χ2v) is 10.9. The minimum atomic E-state index is -4.09. The molecule has 0 N–H and O–H groups in total. The van der Waals surface area contributed by atoms with Crippen LogP contribution in [0.25, 0.3) is 12.2 Å². The van der Waals surface area contributed by atoms with E-state index in [4.69, 9.17) is 23.2 Å². The Morgan fingerprint density at radius 2 is 0.744 bits per heavy atom. The van der Waals surface area contributed by atoms with Gasteiger partial charge in [-0.2, -0.15) is 0 Å². The van der Waals surface area contributed by atoms with Gasteiger partial charge in [0.15, 0.2) is 46.5 Å². The van der Waals surface area contributed by atoms with Crippen LogP contribution in [0.2, 0.25) is 10.0 Å². The van der Waals surface area contributed by atoms with Crippen LogP contribution in [0.15, 0.2) is 72.8 Å². The van der Waals surface area contributed by atoms with E-state index >= 15 is 26.3 Å². The highest BCUT2D eigenvalue weighted by Gasteiger charge is 2.50. The Hall–Kier alpha value is -3.41. The van der Waals surface area contributed by atoms with Crippen LogP contribution in [-0.4, -0.2) is 0 Å². The Kier molecular flexibility index (Phi) is 9.58. The molecule has 2 unspecified atom stereocenters. The summed E-state index contributed by atoms with van der Waals surface area (Å²) in [5.41, 5.74) is -3.97. The summed E-state index contributed by atoms with van der Waals surface area (Å²) in [6.07, 6.45) is 2.11. The van der Waals surface area contributed by atoms with Crippen LogP contribution < -0.4 is 0 Å². The fourth-order valence-corrected chi connectivity index (χ4v) is 5.50. The van der Waals surface area contributed by atoms with Crippen molar-refractivity contribution in [1.29, 1.82) is 0 Å². The van der Waals surface area contributed by atoms with Gasteiger partial charge < -0.3 is 0 Å². The molecule has 0 spiro atoms. The van der Waals surface area contributed by atoms with Crippen molar-refractivity contribution in [2.24, 2.45) is 0 Å². The summed E-state index contributed by atoms with van der Waals surface area (Å²) < 4.78 is 152. The van der Waals surface area contributed by atoms with Crippen LogP contribution in [-0.2, 0) is 10.0 Å². The molecule has 0 aliphatic rings. The molecule has 4 rings (SSSR count). The van der Waals surface area contributed by atoms with Gasteiger partial charge >= 0.3 is 0 Å². The lowest BCUT2D eigenvalue weighted by atomic mass is 10.0. The standard InChI is InChI=1S/C30H14Cl2F10S/c31-19-25(37)21(33)17(22(34)26(19)38)29(41,13-11-15-7-3-1-4-8-15)43-30(42,14-12-16-9-5-2-6-10-16)18-23(35)27(39)20(32)28(40)24(18)36/h1-14H. The van der Waals surface area contributed by atoms with Crippen LogP contribution in [0.3, 0.4) is 0 Å². The second-order valence-electron chi connectivity index (χ2n) is 8.77. The summed E-state index contributed by atoms with van der Waals surface area (Å²) in [7, 11) is 0. The largest absolute Gasteiger partial charge is 0.222 e. The molecule has 0 saturated heterocycles. The van der Waals surface area contributed by atoms with Gasteiger partial charge in [0.2, 0.25) is 10.0 Å². The van der Waals surface area contributed by atoms with Crippen molar-refractivity contribution >= 4 is 47.1 Å². The van der Waals surface area contributed by atoms with Crippen LogP contribution in [0.1, 0.15) is 22.3 Å². The molecule has 0 bridgehead atoms. The van der Waals surface area contributed by atoms with E-state index in [1.165, 1.54) is 60.7 Å². The highest BCUT2D eigenvalue weighted by atomic mass is 35.5. The van der Waals surface area contributed by atoms with Gasteiger partial charge in [0.25, 0.3) is 0 Å². The zero-order chi connectivity index (χ0) is 31.7. The van der Waals surface area contributed by atoms with Gasteiger partial charge in [-0.3, -0.25) is 0 Å². The van der Waals surface area contributed by atoms with Crippen LogP contribution in [0, 0.1) is 46.5 Å². The van der Waals surface area contributed by atoms with E-state index in [-0.39, 0.29) is 23.3 Å². The summed E-state index contributed by atoms with van der Waals surface area (Å²) in [6, 6.07) is 14.2. The molecule has 0 aliphatic carbocycles. The summed E-state index contributed by atoms with van der Waals surface area (Å²) in [4.78, 5) is 0. The maximum Gasteiger partial charge on any atom is 0.209 e. The van der Waals surface area contributed by atoms with Gasteiger partial charge in [0.05, 0.1) is 11.1 Å². The van der Waals surface area contributed by atoms with Crippen molar-refractivity contribution in [3.05, 3.63) is 152 Å². The molecule has 4 aromatic carbocycles. The molecule has 0 fully saturated rings. The minimum Gasteiger partial charge on any atom is -0.222 e. The summed E-state index contributed by atoms with van der Waals surface area (Å²) in [5, 5.41) is -11.6. The number of hydrogen-bond donors (Lipinski definition) is 0. The van der Waals surface area contributed by atoms with Gasteiger partial charge in [0, 0.05) is 0 Å². The molecule has 0 aromatic heterocycles. The zero-order valence-electron chi connectivity index (χ0n) is 21.0. The van der Waals surface area contributed by atoms with Gasteiger partial charge in [-0.25, -0.2) is 43.9 Å². The first kappa shape index (κ1) is 32.5. The summed E-state index contributed by atoms with van der Waals surface area (Å²) >= 11 is 9.55. The van der Waals surface area contributed by atoms with Crippen molar-refractivity contribution < 1.29 is 43.9 Å². The quantitative estimate of drug-likeness (QED) is 0.102. The van der Waals surface area contributed by atoms with Gasteiger partial charge in [-0.05, 0) is 23.3 Å². The van der Waals surface area contributed by atoms with Crippen molar-refractivity contribution in [2.75, 3.05) is 0 Å². The third-order valence-corrected chi connectivity index (χ3v) is 7.92. The molecule has 43 heavy (non-hydrogen) atoms. The monoisotopic (exact) mass is 666 g/mol. The minimum absolute atomic E-state index is 0.117. The van der Waals surface area contributed by atoms with Gasteiger partial charge in [0.1, 0.15) is 10.0 Å². The first-order valence-electron chi connectivity index (χ1n) is 11.8. The van der Waals surface area contributed by atoms with E-state index in [1.54, 1.807) is 0 Å². The SMILES string of the molecule is Fc1c(F)c(C(F)(C=Cc2ccccc2)SC(F)(C=Cc2ccccc2)c2c(F)c(F)c(Cl)c(F)c2F)c(F)c(F)c1Cl. The average Bonchev–Trinajstić information content (AvgIpc) is 3.00. The van der Waals surface area contributed by atoms with Gasteiger partial charge in [-0.15, -0.1) is 0 Å². The molecule has 2 atom stereocenters. The summed E-state index contributed by atoms with van der Waals surface area (Å²) in [6.45, 7) is 0. The average molecular weight is 667 g/mol. The van der Waals surface area contributed by atoms with Crippen LogP contribution in [0.4, 0.5) is 43.9 Å². The molecule has 0 nitrogen and oxygen atoms in total. The van der Waals surface area contributed by atoms with E-state index in [0.29, 0.717) is 0 Å². The molecule has 224 valence electrons. The first-order valence-corrected chi connectivity index (χ1v) is 13.4. The molecular formula is C30H14Cl2F10S. The Morgan fingerprint density at radius 3 is 1.02 bits per heavy atom. The highest BCUT2D eigenvalue weighted by molar-refractivity contribution is 8.01. The Bertz CT molecular complexity index is 1550. The van der Waals surface area contributed by atoms with Gasteiger partial charge in [-0.1, -0.05) is 108 Å². The Labute approximate surface area is 252 Å². The van der Waals surface area contributed by atoms with Crippen molar-refractivity contribution in [3.8, 4) is 0 Å². The number of alkyl halides is 2. The van der Waals surface area contributed by atoms with E-state index in [2.05, 4.69) is 0 Å². The number of benzene rings is 4. The van der Waals surface area contributed by atoms with E-state index in [1.807, 2.05) is 0 Å². The normalized spacial score (nSPS) is 14.8. The molecule has 0 heterocycles. The molecule has 0 amide bonds. The molecule has 4 aromatic rings. The predicted octanol–water partition coefficient (Wildman–Crippen LogP) is 11.2. The third kappa shape index (κ3) is 6.30. The lowest BCUT2D eigenvalue weighted by Gasteiger charge is -2.32. The number of hydrogen-bond acceptors (Lipinski definition) is 1. The van der Waals surface area contributed by atoms with Crippen LogP contribution in [0.5, 0.6) is 0 Å². The van der Waals surface area contributed by atoms with Crippen molar-refractivity contribution in [3.63, 3.8) is 0 Å². The molecule has 13 heteroatoms. The van der Waals surface area contributed by atoms with E-state index in [9.17, 15) is 17.6 Å². The Morgan fingerprint density at radius 1 is 0.465 bits per heavy atom. The maximum atomic E-state index is 17.0. The zero-order valence-corrected chi connectivity index (χ0v) is 23.4. The predicted molar refractivity (Wildman–Crippen MR) is 147 cm³/mol. The second kappa shape index (κ2) is 12.7. The van der Waals surface area contributed by atoms with Crippen molar-refractivity contribution in [2.45, 2.75) is 10.0 Å². The third-order valence-electron chi connectivity index (χ3n) is 5.98. The smallest absolute Gasteiger partial charge is 0.209 e.